The van der Waals surface area contributed by atoms with Gasteiger partial charge in [0.1, 0.15) is 5.41 Å². The minimum absolute atomic E-state index is 0.0502. The quantitative estimate of drug-likeness (QED) is 0.641. The van der Waals surface area contributed by atoms with Crippen LogP contribution in [0.25, 0.3) is 0 Å². The van der Waals surface area contributed by atoms with Gasteiger partial charge in [0.05, 0.1) is 11.0 Å². The van der Waals surface area contributed by atoms with Gasteiger partial charge in [-0.3, -0.25) is 14.9 Å². The summed E-state index contributed by atoms with van der Waals surface area (Å²) in [5, 5.41) is 22.1. The van der Waals surface area contributed by atoms with Crippen LogP contribution < -0.4 is 5.32 Å². The van der Waals surface area contributed by atoms with Crippen molar-refractivity contribution in [3.8, 4) is 6.07 Å². The Labute approximate surface area is 110 Å². The highest BCUT2D eigenvalue weighted by Crippen LogP contribution is 2.44. The fourth-order valence-corrected chi connectivity index (χ4v) is 1.79. The van der Waals surface area contributed by atoms with Gasteiger partial charge < -0.3 is 5.32 Å². The zero-order valence-electron chi connectivity index (χ0n) is 10.3. The molecule has 6 nitrogen and oxygen atoms in total. The summed E-state index contributed by atoms with van der Waals surface area (Å²) in [7, 11) is 0. The normalized spacial score (nSPS) is 15.3. The van der Waals surface area contributed by atoms with Crippen molar-refractivity contribution < 1.29 is 9.72 Å². The van der Waals surface area contributed by atoms with Gasteiger partial charge in [-0.2, -0.15) is 5.26 Å². The highest BCUT2D eigenvalue weighted by atomic mass is 16.6. The van der Waals surface area contributed by atoms with Crippen LogP contribution in [0.3, 0.4) is 0 Å². The van der Waals surface area contributed by atoms with Crippen LogP contribution >= 0.6 is 0 Å². The summed E-state index contributed by atoms with van der Waals surface area (Å²) >= 11 is 0. The van der Waals surface area contributed by atoms with Crippen molar-refractivity contribution >= 4 is 11.6 Å². The molecule has 1 aromatic carbocycles. The number of nitriles is 1. The van der Waals surface area contributed by atoms with Crippen LogP contribution in [0, 0.1) is 26.9 Å². The third-order valence-electron chi connectivity index (χ3n) is 3.25. The molecule has 1 aromatic rings. The minimum atomic E-state index is -0.796. The molecule has 1 fully saturated rings. The second-order valence-electron chi connectivity index (χ2n) is 4.62. The van der Waals surface area contributed by atoms with Gasteiger partial charge in [-0.25, -0.2) is 0 Å². The summed E-state index contributed by atoms with van der Waals surface area (Å²) in [6.07, 6.45) is 1.85. The molecular weight excluding hydrogens is 246 g/mol. The Balaban J connectivity index is 1.81. The molecule has 0 unspecified atom stereocenters. The number of carbonyl (C=O) groups excluding carboxylic acids is 1. The Kier molecular flexibility index (Phi) is 3.47. The van der Waals surface area contributed by atoms with Crippen molar-refractivity contribution in [1.82, 2.24) is 5.32 Å². The maximum atomic E-state index is 11.7. The number of rotatable bonds is 5. The van der Waals surface area contributed by atoms with Crippen LogP contribution in [-0.2, 0) is 11.2 Å². The van der Waals surface area contributed by atoms with E-state index in [1.807, 2.05) is 6.07 Å². The number of hydrogen-bond acceptors (Lipinski definition) is 4. The smallest absolute Gasteiger partial charge is 0.269 e. The van der Waals surface area contributed by atoms with Gasteiger partial charge in [0.2, 0.25) is 5.91 Å². The summed E-state index contributed by atoms with van der Waals surface area (Å²) in [5.74, 6) is -0.211. The van der Waals surface area contributed by atoms with Crippen LogP contribution in [0.5, 0.6) is 0 Å². The van der Waals surface area contributed by atoms with Crippen LogP contribution in [0.15, 0.2) is 24.3 Å². The summed E-state index contributed by atoms with van der Waals surface area (Å²) < 4.78 is 0. The first-order valence-electron chi connectivity index (χ1n) is 6.00. The Bertz CT molecular complexity index is 541. The average Bonchev–Trinajstić information content (AvgIpc) is 3.20. The zero-order valence-corrected chi connectivity index (χ0v) is 10.3. The Hall–Kier alpha value is -2.42. The maximum Gasteiger partial charge on any atom is 0.269 e. The number of benzene rings is 1. The Morgan fingerprint density at radius 2 is 2.05 bits per heavy atom. The fraction of sp³-hybridized carbons (Fsp3) is 0.385. The highest BCUT2D eigenvalue weighted by Gasteiger charge is 2.50. The number of carbonyl (C=O) groups is 1. The van der Waals surface area contributed by atoms with Gasteiger partial charge in [-0.15, -0.1) is 0 Å². The molecule has 2 rings (SSSR count). The van der Waals surface area contributed by atoms with E-state index in [9.17, 15) is 14.9 Å². The molecule has 0 aromatic heterocycles. The van der Waals surface area contributed by atoms with E-state index in [1.165, 1.54) is 12.1 Å². The molecular formula is C13H13N3O3. The molecule has 0 radical (unpaired) electrons. The molecule has 1 aliphatic rings. The molecule has 6 heteroatoms. The molecule has 0 heterocycles. The van der Waals surface area contributed by atoms with Crippen molar-refractivity contribution in [2.24, 2.45) is 5.41 Å². The monoisotopic (exact) mass is 259 g/mol. The number of nitrogens with zero attached hydrogens (tertiary/aromatic N) is 2. The lowest BCUT2D eigenvalue weighted by Gasteiger charge is -2.07. The molecule has 0 spiro atoms. The largest absolute Gasteiger partial charge is 0.354 e. The number of non-ortho nitro benzene ring substituents is 1. The van der Waals surface area contributed by atoms with E-state index in [1.54, 1.807) is 12.1 Å². The van der Waals surface area contributed by atoms with Crippen LogP contribution in [0.4, 0.5) is 5.69 Å². The summed E-state index contributed by atoms with van der Waals surface area (Å²) in [4.78, 5) is 21.7. The third kappa shape index (κ3) is 2.88. The van der Waals surface area contributed by atoms with Crippen molar-refractivity contribution in [3.05, 3.63) is 39.9 Å². The highest BCUT2D eigenvalue weighted by molar-refractivity contribution is 5.88. The van der Waals surface area contributed by atoms with Crippen LogP contribution in [0.1, 0.15) is 18.4 Å². The lowest BCUT2D eigenvalue weighted by Crippen LogP contribution is -2.32. The lowest BCUT2D eigenvalue weighted by atomic mass is 10.1. The molecule has 0 bridgehead atoms. The summed E-state index contributed by atoms with van der Waals surface area (Å²) in [5.41, 5.74) is 0.164. The van der Waals surface area contributed by atoms with E-state index in [0.29, 0.717) is 25.8 Å². The first-order valence-corrected chi connectivity index (χ1v) is 6.00. The number of nitro benzene ring substituents is 1. The van der Waals surface area contributed by atoms with E-state index in [-0.39, 0.29) is 11.6 Å². The van der Waals surface area contributed by atoms with Crippen LogP contribution in [0.2, 0.25) is 0 Å². The van der Waals surface area contributed by atoms with Gasteiger partial charge in [0.25, 0.3) is 5.69 Å². The average molecular weight is 259 g/mol. The molecule has 19 heavy (non-hydrogen) atoms. The van der Waals surface area contributed by atoms with E-state index in [2.05, 4.69) is 5.32 Å². The van der Waals surface area contributed by atoms with E-state index in [0.717, 1.165) is 5.56 Å². The first kappa shape index (κ1) is 13.0. The number of hydrogen-bond donors (Lipinski definition) is 1. The SMILES string of the molecule is N#CC1(C(=O)NCCc2ccc([N+](=O)[O-])cc2)CC1. The predicted molar refractivity (Wildman–Crippen MR) is 67.1 cm³/mol. The zero-order chi connectivity index (χ0) is 13.9. The van der Waals surface area contributed by atoms with Crippen molar-refractivity contribution in [2.75, 3.05) is 6.54 Å². The van der Waals surface area contributed by atoms with Gasteiger partial charge in [-0.05, 0) is 24.8 Å². The van der Waals surface area contributed by atoms with Crippen molar-refractivity contribution in [2.45, 2.75) is 19.3 Å². The molecule has 0 saturated heterocycles. The Morgan fingerprint density at radius 1 is 1.42 bits per heavy atom. The molecule has 1 N–H and O–H groups in total. The summed E-state index contributed by atoms with van der Waals surface area (Å²) in [6.45, 7) is 0.431. The second kappa shape index (κ2) is 5.06. The van der Waals surface area contributed by atoms with Gasteiger partial charge in [-0.1, -0.05) is 12.1 Å². The van der Waals surface area contributed by atoms with Crippen molar-refractivity contribution in [1.29, 1.82) is 5.26 Å². The second-order valence-corrected chi connectivity index (χ2v) is 4.62. The standard InChI is InChI=1S/C13H13N3O3/c14-9-13(6-7-13)12(17)15-8-5-10-1-3-11(4-2-10)16(18)19/h1-4H,5-8H2,(H,15,17). The Morgan fingerprint density at radius 3 is 2.53 bits per heavy atom. The topological polar surface area (TPSA) is 96.0 Å². The van der Waals surface area contributed by atoms with E-state index >= 15 is 0 Å². The number of nitrogens with one attached hydrogen (secondary N) is 1. The molecule has 1 aliphatic carbocycles. The van der Waals surface area contributed by atoms with Gasteiger partial charge in [0, 0.05) is 18.7 Å². The maximum absolute atomic E-state index is 11.7. The lowest BCUT2D eigenvalue weighted by molar-refractivity contribution is -0.384. The molecule has 0 aliphatic heterocycles. The molecule has 1 saturated carbocycles. The molecule has 1 amide bonds. The summed E-state index contributed by atoms with van der Waals surface area (Å²) in [6, 6.07) is 8.25. The van der Waals surface area contributed by atoms with Gasteiger partial charge in [0.15, 0.2) is 0 Å². The first-order chi connectivity index (χ1) is 9.07. The van der Waals surface area contributed by atoms with Gasteiger partial charge >= 0.3 is 0 Å². The molecule has 0 atom stereocenters. The number of amides is 1. The van der Waals surface area contributed by atoms with Crippen molar-refractivity contribution in [3.63, 3.8) is 0 Å². The fourth-order valence-electron chi connectivity index (χ4n) is 1.79. The van der Waals surface area contributed by atoms with E-state index < -0.39 is 10.3 Å². The molecule has 98 valence electrons. The van der Waals surface area contributed by atoms with E-state index in [4.69, 9.17) is 5.26 Å². The predicted octanol–water partition coefficient (Wildman–Crippen LogP) is 1.56. The third-order valence-corrected chi connectivity index (χ3v) is 3.25. The minimum Gasteiger partial charge on any atom is -0.354 e. The number of nitro groups is 1. The van der Waals surface area contributed by atoms with Crippen LogP contribution in [-0.4, -0.2) is 17.4 Å².